The molecule has 3 rings (SSSR count). The summed E-state index contributed by atoms with van der Waals surface area (Å²) in [6.45, 7) is 3.35. The first-order valence-electron chi connectivity index (χ1n) is 11.0. The molecular weight excluding hydrogens is 450 g/mol. The second-order valence-corrected chi connectivity index (χ2v) is 7.71. The van der Waals surface area contributed by atoms with Gasteiger partial charge in [-0.1, -0.05) is 0 Å². The third kappa shape index (κ3) is 6.76. The van der Waals surface area contributed by atoms with Gasteiger partial charge in [0.1, 0.15) is 11.8 Å². The number of carbonyl (C=O) groups excluding carboxylic acids is 3. The van der Waals surface area contributed by atoms with E-state index in [0.29, 0.717) is 22.7 Å². The highest BCUT2D eigenvalue weighted by Crippen LogP contribution is 2.20. The molecule has 35 heavy (non-hydrogen) atoms. The van der Waals surface area contributed by atoms with Crippen molar-refractivity contribution in [1.82, 2.24) is 20.4 Å². The Morgan fingerprint density at radius 3 is 2.23 bits per heavy atom. The number of carbonyl (C=O) groups is 3. The van der Waals surface area contributed by atoms with E-state index in [1.807, 2.05) is 12.1 Å². The molecule has 0 bridgehead atoms. The smallest absolute Gasteiger partial charge is 0.267 e. The summed E-state index contributed by atoms with van der Waals surface area (Å²) in [4.78, 5) is 48.3. The van der Waals surface area contributed by atoms with Crippen molar-refractivity contribution in [2.24, 2.45) is 0 Å². The third-order valence-electron chi connectivity index (χ3n) is 5.13. The number of rotatable bonds is 9. The Morgan fingerprint density at radius 1 is 0.943 bits per heavy atom. The topological polar surface area (TPSA) is 131 Å². The quantitative estimate of drug-likeness (QED) is 0.404. The van der Waals surface area contributed by atoms with Crippen LogP contribution in [-0.2, 0) is 9.59 Å². The lowest BCUT2D eigenvalue weighted by Crippen LogP contribution is -2.40. The zero-order chi connectivity index (χ0) is 25.4. The van der Waals surface area contributed by atoms with Gasteiger partial charge in [0, 0.05) is 42.9 Å². The third-order valence-corrected chi connectivity index (χ3v) is 5.13. The predicted octanol–water partition coefficient (Wildman–Crippen LogP) is 1.98. The van der Waals surface area contributed by atoms with Crippen LogP contribution in [0.5, 0.6) is 5.75 Å². The van der Waals surface area contributed by atoms with Crippen LogP contribution in [0.3, 0.4) is 0 Å². The normalized spacial score (nSPS) is 11.3. The van der Waals surface area contributed by atoms with E-state index in [4.69, 9.17) is 4.74 Å². The molecule has 2 aromatic carbocycles. The molecule has 3 amide bonds. The van der Waals surface area contributed by atoms with Gasteiger partial charge >= 0.3 is 0 Å². The van der Waals surface area contributed by atoms with Gasteiger partial charge in [0.15, 0.2) is 0 Å². The van der Waals surface area contributed by atoms with Crippen LogP contribution >= 0.6 is 0 Å². The number of nitrogens with zero attached hydrogens (tertiary/aromatic N) is 2. The molecule has 1 heterocycles. The molecule has 182 valence electrons. The molecule has 0 aliphatic rings. The van der Waals surface area contributed by atoms with Gasteiger partial charge in [0.25, 0.3) is 11.5 Å². The maximum atomic E-state index is 12.6. The van der Waals surface area contributed by atoms with E-state index < -0.39 is 17.5 Å². The molecule has 10 heteroatoms. The molecule has 0 aliphatic heterocycles. The number of anilines is 1. The fraction of sp³-hybridized carbons (Fsp3) is 0.240. The van der Waals surface area contributed by atoms with Gasteiger partial charge in [-0.2, -0.15) is 5.10 Å². The maximum Gasteiger partial charge on any atom is 0.267 e. The van der Waals surface area contributed by atoms with Gasteiger partial charge in [-0.3, -0.25) is 19.2 Å². The van der Waals surface area contributed by atoms with Gasteiger partial charge in [0.05, 0.1) is 12.8 Å². The first-order valence-corrected chi connectivity index (χ1v) is 11.0. The Balaban J connectivity index is 1.54. The summed E-state index contributed by atoms with van der Waals surface area (Å²) < 4.78 is 6.28. The summed E-state index contributed by atoms with van der Waals surface area (Å²) in [6.07, 6.45) is 0. The Hall–Kier alpha value is -4.47. The van der Waals surface area contributed by atoms with Crippen LogP contribution in [0.2, 0.25) is 0 Å². The summed E-state index contributed by atoms with van der Waals surface area (Å²) in [5.74, 6) is -0.215. The minimum Gasteiger partial charge on any atom is -0.497 e. The van der Waals surface area contributed by atoms with Crippen molar-refractivity contribution in [3.8, 4) is 17.0 Å². The lowest BCUT2D eigenvalue weighted by atomic mass is 10.1. The number of methoxy groups -OCH3 is 1. The van der Waals surface area contributed by atoms with Crippen molar-refractivity contribution < 1.29 is 19.1 Å². The van der Waals surface area contributed by atoms with Crippen LogP contribution in [0, 0.1) is 0 Å². The van der Waals surface area contributed by atoms with Crippen LogP contribution in [0.1, 0.15) is 30.2 Å². The number of hydrogen-bond donors (Lipinski definition) is 3. The lowest BCUT2D eigenvalue weighted by molar-refractivity contribution is -0.124. The van der Waals surface area contributed by atoms with Crippen molar-refractivity contribution in [2.45, 2.75) is 19.9 Å². The van der Waals surface area contributed by atoms with Gasteiger partial charge in [0.2, 0.25) is 11.8 Å². The number of aromatic nitrogens is 2. The molecule has 3 N–H and O–H groups in total. The molecule has 0 saturated carbocycles. The monoisotopic (exact) mass is 477 g/mol. The first-order chi connectivity index (χ1) is 16.8. The fourth-order valence-corrected chi connectivity index (χ4v) is 3.25. The SMILES string of the molecule is COc1ccc(-c2ccc(=O)n(C(C)C(=O)NCCNC(=O)c3ccc(NC(C)=O)cc3)n2)cc1. The standard InChI is InChI=1S/C25H27N5O5/c1-16(30-23(32)13-12-22(29-30)18-6-10-21(35-3)11-7-18)24(33)26-14-15-27-25(34)19-4-8-20(9-5-19)28-17(2)31/h4-13,16H,14-15H2,1-3H3,(H,26,33)(H,27,34)(H,28,31). The van der Waals surface area contributed by atoms with Crippen LogP contribution < -0.4 is 26.2 Å². The average molecular weight is 478 g/mol. The van der Waals surface area contributed by atoms with E-state index >= 15 is 0 Å². The molecule has 0 fully saturated rings. The van der Waals surface area contributed by atoms with Crippen LogP contribution in [0.25, 0.3) is 11.3 Å². The Kier molecular flexibility index (Phi) is 8.33. The molecule has 0 spiro atoms. The first kappa shape index (κ1) is 25.2. The largest absolute Gasteiger partial charge is 0.497 e. The summed E-state index contributed by atoms with van der Waals surface area (Å²) in [7, 11) is 1.58. The highest BCUT2D eigenvalue weighted by Gasteiger charge is 2.18. The molecular formula is C25H27N5O5. The highest BCUT2D eigenvalue weighted by molar-refractivity contribution is 5.95. The summed E-state index contributed by atoms with van der Waals surface area (Å²) in [5, 5.41) is 12.4. The average Bonchev–Trinajstić information content (AvgIpc) is 2.86. The van der Waals surface area contributed by atoms with E-state index in [1.54, 1.807) is 56.5 Å². The predicted molar refractivity (Wildman–Crippen MR) is 131 cm³/mol. The number of amides is 3. The second kappa shape index (κ2) is 11.6. The number of ether oxygens (including phenoxy) is 1. The zero-order valence-corrected chi connectivity index (χ0v) is 19.7. The van der Waals surface area contributed by atoms with E-state index in [1.165, 1.54) is 13.0 Å². The zero-order valence-electron chi connectivity index (χ0n) is 19.7. The van der Waals surface area contributed by atoms with Gasteiger partial charge in [-0.05, 0) is 61.5 Å². The molecule has 1 aromatic heterocycles. The summed E-state index contributed by atoms with van der Waals surface area (Å²) in [6, 6.07) is 15.8. The van der Waals surface area contributed by atoms with Gasteiger partial charge < -0.3 is 20.7 Å². The molecule has 10 nitrogen and oxygen atoms in total. The van der Waals surface area contributed by atoms with E-state index in [-0.39, 0.29) is 24.9 Å². The molecule has 0 saturated heterocycles. The minimum atomic E-state index is -0.849. The Labute approximate surface area is 202 Å². The van der Waals surface area contributed by atoms with Gasteiger partial charge in [-0.15, -0.1) is 0 Å². The van der Waals surface area contributed by atoms with Crippen molar-refractivity contribution in [1.29, 1.82) is 0 Å². The Bertz CT molecular complexity index is 1250. The number of hydrogen-bond acceptors (Lipinski definition) is 6. The second-order valence-electron chi connectivity index (χ2n) is 7.71. The Morgan fingerprint density at radius 2 is 1.60 bits per heavy atom. The van der Waals surface area contributed by atoms with Crippen molar-refractivity contribution >= 4 is 23.4 Å². The summed E-state index contributed by atoms with van der Waals surface area (Å²) in [5.41, 5.74) is 1.93. The van der Waals surface area contributed by atoms with Crippen LogP contribution in [0.15, 0.2) is 65.5 Å². The molecule has 3 aromatic rings. The van der Waals surface area contributed by atoms with Crippen LogP contribution in [0.4, 0.5) is 5.69 Å². The highest BCUT2D eigenvalue weighted by atomic mass is 16.5. The molecule has 0 radical (unpaired) electrons. The van der Waals surface area contributed by atoms with E-state index in [2.05, 4.69) is 21.0 Å². The van der Waals surface area contributed by atoms with Gasteiger partial charge in [-0.25, -0.2) is 4.68 Å². The van der Waals surface area contributed by atoms with Crippen molar-refractivity contribution in [3.63, 3.8) is 0 Å². The lowest BCUT2D eigenvalue weighted by Gasteiger charge is -2.15. The minimum absolute atomic E-state index is 0.172. The van der Waals surface area contributed by atoms with Crippen molar-refractivity contribution in [2.75, 3.05) is 25.5 Å². The number of nitrogens with one attached hydrogen (secondary N) is 3. The van der Waals surface area contributed by atoms with E-state index in [9.17, 15) is 19.2 Å². The molecule has 1 atom stereocenters. The van der Waals surface area contributed by atoms with Crippen molar-refractivity contribution in [3.05, 3.63) is 76.6 Å². The number of benzene rings is 2. The molecule has 0 aliphatic carbocycles. The van der Waals surface area contributed by atoms with Crippen LogP contribution in [-0.4, -0.2) is 47.7 Å². The molecule has 1 unspecified atom stereocenters. The summed E-state index contributed by atoms with van der Waals surface area (Å²) >= 11 is 0. The van der Waals surface area contributed by atoms with E-state index in [0.717, 1.165) is 10.2 Å². The fourth-order valence-electron chi connectivity index (χ4n) is 3.25. The maximum absolute atomic E-state index is 12.6.